The highest BCUT2D eigenvalue weighted by Gasteiger charge is 2.70. The standard InChI is InChI=1S/C22H29F7O8S/c1-12(2)36-17(31)20(21(25,26)27,35-5-3-4-19(23,24)22(28,29)38(32,33)34)37-16(30)18-9-13-6-14(10-18)8-15(7-13)11-18/h12-15H,3-11H2,1-2H3,(H,32,33,34). The van der Waals surface area contributed by atoms with Gasteiger partial charge in [0, 0.05) is 6.42 Å². The molecule has 0 spiro atoms. The molecule has 0 radical (unpaired) electrons. The molecule has 4 aliphatic rings. The van der Waals surface area contributed by atoms with E-state index in [2.05, 4.69) is 9.47 Å². The normalized spacial score (nSPS) is 29.3. The van der Waals surface area contributed by atoms with Crippen molar-refractivity contribution in [3.63, 3.8) is 0 Å². The zero-order chi connectivity index (χ0) is 28.9. The van der Waals surface area contributed by atoms with E-state index in [0.717, 1.165) is 19.3 Å². The molecule has 4 bridgehead atoms. The van der Waals surface area contributed by atoms with E-state index in [1.54, 1.807) is 0 Å². The molecular weight excluding hydrogens is 557 g/mol. The summed E-state index contributed by atoms with van der Waals surface area (Å²) >= 11 is 0. The Hall–Kier alpha value is -1.68. The van der Waals surface area contributed by atoms with E-state index in [0.29, 0.717) is 0 Å². The van der Waals surface area contributed by atoms with Crippen LogP contribution in [0.2, 0.25) is 0 Å². The van der Waals surface area contributed by atoms with Gasteiger partial charge in [-0.15, -0.1) is 0 Å². The first-order valence-electron chi connectivity index (χ1n) is 12.0. The van der Waals surface area contributed by atoms with Crippen LogP contribution in [0, 0.1) is 23.2 Å². The van der Waals surface area contributed by atoms with Crippen molar-refractivity contribution < 1.29 is 67.5 Å². The maximum absolute atomic E-state index is 14.3. The van der Waals surface area contributed by atoms with Crippen LogP contribution in [0.4, 0.5) is 30.7 Å². The van der Waals surface area contributed by atoms with Gasteiger partial charge in [-0.3, -0.25) is 9.35 Å². The summed E-state index contributed by atoms with van der Waals surface area (Å²) in [6.07, 6.45) is -7.09. The molecule has 0 aromatic carbocycles. The van der Waals surface area contributed by atoms with Gasteiger partial charge in [-0.2, -0.15) is 39.2 Å². The summed E-state index contributed by atoms with van der Waals surface area (Å²) in [5, 5.41) is -5.94. The van der Waals surface area contributed by atoms with Crippen LogP contribution in [-0.4, -0.2) is 60.8 Å². The number of hydrogen-bond donors (Lipinski definition) is 1. The summed E-state index contributed by atoms with van der Waals surface area (Å²) in [6, 6.07) is 0. The summed E-state index contributed by atoms with van der Waals surface area (Å²) in [4.78, 5) is 25.9. The largest absolute Gasteiger partial charge is 0.468 e. The average Bonchev–Trinajstić information content (AvgIpc) is 2.72. The van der Waals surface area contributed by atoms with Gasteiger partial charge in [-0.05, 0) is 76.5 Å². The molecule has 4 rings (SSSR count). The summed E-state index contributed by atoms with van der Waals surface area (Å²) < 4.78 is 141. The number of carbonyl (C=O) groups is 2. The summed E-state index contributed by atoms with van der Waals surface area (Å²) in [5.74, 6) is -13.0. The number of carbonyl (C=O) groups excluding carboxylic acids is 2. The van der Waals surface area contributed by atoms with Gasteiger partial charge < -0.3 is 14.2 Å². The maximum Gasteiger partial charge on any atom is 0.468 e. The van der Waals surface area contributed by atoms with Crippen LogP contribution < -0.4 is 0 Å². The van der Waals surface area contributed by atoms with Crippen LogP contribution in [0.3, 0.4) is 0 Å². The van der Waals surface area contributed by atoms with Gasteiger partial charge in [-0.25, -0.2) is 4.79 Å². The molecule has 1 N–H and O–H groups in total. The molecule has 16 heteroatoms. The third-order valence-electron chi connectivity index (χ3n) is 7.38. The zero-order valence-electron chi connectivity index (χ0n) is 20.5. The van der Waals surface area contributed by atoms with Crippen LogP contribution in [0.5, 0.6) is 0 Å². The van der Waals surface area contributed by atoms with E-state index >= 15 is 0 Å². The van der Waals surface area contributed by atoms with Gasteiger partial charge in [0.2, 0.25) is 0 Å². The molecule has 0 aromatic rings. The second-order valence-corrected chi connectivity index (χ2v) is 12.3. The number of alkyl halides is 7. The topological polar surface area (TPSA) is 116 Å². The van der Waals surface area contributed by atoms with Crippen molar-refractivity contribution in [3.8, 4) is 0 Å². The van der Waals surface area contributed by atoms with Crippen molar-refractivity contribution in [1.29, 1.82) is 0 Å². The molecule has 8 nitrogen and oxygen atoms in total. The fourth-order valence-electron chi connectivity index (χ4n) is 6.12. The minimum atomic E-state index is -6.56. The van der Waals surface area contributed by atoms with Crippen molar-refractivity contribution in [2.45, 2.75) is 94.5 Å². The predicted octanol–water partition coefficient (Wildman–Crippen LogP) is 4.87. The Bertz CT molecular complexity index is 992. The van der Waals surface area contributed by atoms with Crippen molar-refractivity contribution in [1.82, 2.24) is 0 Å². The first-order chi connectivity index (χ1) is 17.2. The second-order valence-electron chi connectivity index (χ2n) is 10.8. The smallest absolute Gasteiger partial charge is 0.458 e. The molecule has 0 aromatic heterocycles. The molecular formula is C22H29F7O8S. The van der Waals surface area contributed by atoms with E-state index in [4.69, 9.17) is 9.29 Å². The third-order valence-corrected chi connectivity index (χ3v) is 8.33. The first-order valence-corrected chi connectivity index (χ1v) is 13.5. The Labute approximate surface area is 214 Å². The third kappa shape index (κ3) is 5.62. The van der Waals surface area contributed by atoms with Crippen LogP contribution in [0.15, 0.2) is 0 Å². The van der Waals surface area contributed by atoms with Crippen LogP contribution >= 0.6 is 0 Å². The van der Waals surface area contributed by atoms with E-state index < -0.39 is 76.2 Å². The molecule has 4 fully saturated rings. The number of esters is 2. The Morgan fingerprint density at radius 2 is 1.42 bits per heavy atom. The van der Waals surface area contributed by atoms with E-state index in [9.17, 15) is 48.7 Å². The SMILES string of the molecule is CC(C)OC(=O)C(OCCCC(F)(F)C(F)(F)S(=O)(=O)O)(OC(=O)C12CC3CC(CC(C3)C1)C2)C(F)(F)F. The summed E-state index contributed by atoms with van der Waals surface area (Å²) in [5.41, 5.74) is -1.29. The molecule has 4 aliphatic carbocycles. The van der Waals surface area contributed by atoms with Crippen molar-refractivity contribution in [2.24, 2.45) is 23.2 Å². The first kappa shape index (κ1) is 30.9. The van der Waals surface area contributed by atoms with Gasteiger partial charge in [0.1, 0.15) is 0 Å². The second kappa shape index (κ2) is 10.1. The van der Waals surface area contributed by atoms with Gasteiger partial charge >= 0.3 is 45.2 Å². The van der Waals surface area contributed by atoms with Gasteiger partial charge in [0.05, 0.1) is 18.1 Å². The summed E-state index contributed by atoms with van der Waals surface area (Å²) in [7, 11) is -6.56. The Morgan fingerprint density at radius 1 is 0.947 bits per heavy atom. The lowest BCUT2D eigenvalue weighted by Gasteiger charge is -2.55. The Kier molecular flexibility index (Phi) is 8.17. The fourth-order valence-corrected chi connectivity index (χ4v) is 6.60. The van der Waals surface area contributed by atoms with Gasteiger partial charge in [0.25, 0.3) is 0 Å². The molecule has 0 amide bonds. The molecule has 1 atom stereocenters. The van der Waals surface area contributed by atoms with Crippen LogP contribution in [-0.2, 0) is 33.9 Å². The monoisotopic (exact) mass is 586 g/mol. The van der Waals surface area contributed by atoms with E-state index in [-0.39, 0.29) is 37.0 Å². The lowest BCUT2D eigenvalue weighted by Crippen LogP contribution is -2.61. The van der Waals surface area contributed by atoms with Crippen molar-refractivity contribution in [2.75, 3.05) is 6.61 Å². The van der Waals surface area contributed by atoms with Crippen molar-refractivity contribution >= 4 is 22.1 Å². The minimum Gasteiger partial charge on any atom is -0.458 e. The highest BCUT2D eigenvalue weighted by molar-refractivity contribution is 7.87. The molecule has 4 saturated carbocycles. The Morgan fingerprint density at radius 3 is 1.82 bits per heavy atom. The van der Waals surface area contributed by atoms with Gasteiger partial charge in [0.15, 0.2) is 0 Å². The zero-order valence-corrected chi connectivity index (χ0v) is 21.3. The molecule has 0 saturated heterocycles. The van der Waals surface area contributed by atoms with E-state index in [1.165, 1.54) is 13.8 Å². The molecule has 0 aliphatic heterocycles. The molecule has 0 heterocycles. The average molecular weight is 587 g/mol. The number of hydrogen-bond acceptors (Lipinski definition) is 7. The molecule has 1 unspecified atom stereocenters. The lowest BCUT2D eigenvalue weighted by atomic mass is 9.49. The van der Waals surface area contributed by atoms with Crippen LogP contribution in [0.1, 0.15) is 65.2 Å². The van der Waals surface area contributed by atoms with Crippen molar-refractivity contribution in [3.05, 3.63) is 0 Å². The molecule has 38 heavy (non-hydrogen) atoms. The van der Waals surface area contributed by atoms with E-state index in [1.807, 2.05) is 0 Å². The number of ether oxygens (including phenoxy) is 3. The maximum atomic E-state index is 14.3. The Balaban J connectivity index is 1.83. The quantitative estimate of drug-likeness (QED) is 0.120. The lowest BCUT2D eigenvalue weighted by molar-refractivity contribution is -0.360. The molecule has 220 valence electrons. The van der Waals surface area contributed by atoms with Gasteiger partial charge in [-0.1, -0.05) is 0 Å². The number of rotatable bonds is 11. The predicted molar refractivity (Wildman–Crippen MR) is 113 cm³/mol. The summed E-state index contributed by atoms with van der Waals surface area (Å²) in [6.45, 7) is 0.897. The minimum absolute atomic E-state index is 0.101. The highest BCUT2D eigenvalue weighted by atomic mass is 32.2. The fraction of sp³-hybridized carbons (Fsp3) is 0.909. The number of halogens is 7. The van der Waals surface area contributed by atoms with Crippen LogP contribution in [0.25, 0.3) is 0 Å². The highest BCUT2D eigenvalue weighted by Crippen LogP contribution is 2.61.